The Morgan fingerprint density at radius 3 is 2.22 bits per heavy atom. The number of hydrogen-bond donors (Lipinski definition) is 3. The smallest absolute Gasteiger partial charge is 0.414 e. The lowest BCUT2D eigenvalue weighted by atomic mass is 10.2. The molecule has 0 fully saturated rings. The van der Waals surface area contributed by atoms with Crippen molar-refractivity contribution >= 4 is 11.9 Å². The summed E-state index contributed by atoms with van der Waals surface area (Å²) in [6, 6.07) is 11.7. The summed E-state index contributed by atoms with van der Waals surface area (Å²) in [7, 11) is 1.51. The van der Waals surface area contributed by atoms with E-state index in [1.165, 1.54) is 18.7 Å². The van der Waals surface area contributed by atoms with Crippen LogP contribution in [0.25, 0.3) is 0 Å². The number of benzene rings is 1. The molecule has 0 aliphatic rings. The van der Waals surface area contributed by atoms with Crippen LogP contribution in [0.15, 0.2) is 46.0 Å². The second-order valence-corrected chi connectivity index (χ2v) is 5.74. The summed E-state index contributed by atoms with van der Waals surface area (Å²) < 4.78 is 2.79. The van der Waals surface area contributed by atoms with Crippen molar-refractivity contribution in [2.75, 3.05) is 6.54 Å². The summed E-state index contributed by atoms with van der Waals surface area (Å²) in [6.07, 6.45) is 0.839. The highest BCUT2D eigenvalue weighted by Crippen LogP contribution is 1.97. The maximum atomic E-state index is 12.0. The van der Waals surface area contributed by atoms with Crippen LogP contribution in [0.1, 0.15) is 17.7 Å². The van der Waals surface area contributed by atoms with Crippen molar-refractivity contribution in [2.24, 2.45) is 7.05 Å². The normalized spacial score (nSPS) is 10.0. The Hall–Kier alpha value is -3.20. The van der Waals surface area contributed by atoms with E-state index in [0.717, 1.165) is 24.1 Å². The monoisotopic (exact) mass is 377 g/mol. The lowest BCUT2D eigenvalue weighted by Crippen LogP contribution is -2.39. The van der Waals surface area contributed by atoms with Gasteiger partial charge in [0.2, 0.25) is 0 Å². The molecule has 0 aliphatic heterocycles. The molecule has 0 aliphatic carbocycles. The predicted octanol–water partition coefficient (Wildman–Crippen LogP) is 0.191. The second-order valence-electron chi connectivity index (χ2n) is 5.74. The van der Waals surface area contributed by atoms with E-state index in [2.05, 4.69) is 17.4 Å². The van der Waals surface area contributed by atoms with Crippen LogP contribution in [0.4, 0.5) is 0 Å². The Morgan fingerprint density at radius 2 is 1.67 bits per heavy atom. The van der Waals surface area contributed by atoms with E-state index in [0.29, 0.717) is 12.2 Å². The summed E-state index contributed by atoms with van der Waals surface area (Å²) in [4.78, 5) is 41.7. The van der Waals surface area contributed by atoms with Gasteiger partial charge in [-0.25, -0.2) is 14.4 Å². The first kappa shape index (κ1) is 21.8. The zero-order valence-corrected chi connectivity index (χ0v) is 15.2. The molecule has 0 atom stereocenters. The fraction of sp³-hybridized carbons (Fsp3) is 0.333. The third-order valence-electron chi connectivity index (χ3n) is 3.70. The minimum Gasteiger partial charge on any atom is -0.473 e. The molecule has 0 radical (unpaired) electrons. The third-order valence-corrected chi connectivity index (χ3v) is 3.70. The van der Waals surface area contributed by atoms with Gasteiger partial charge in [0.25, 0.3) is 5.56 Å². The van der Waals surface area contributed by atoms with Crippen LogP contribution >= 0.6 is 0 Å². The molecule has 0 bridgehead atoms. The molecule has 0 amide bonds. The van der Waals surface area contributed by atoms with Crippen molar-refractivity contribution in [1.29, 1.82) is 0 Å². The number of carboxylic acids is 2. The Bertz CT molecular complexity index is 874. The number of aromatic nitrogens is 2. The van der Waals surface area contributed by atoms with E-state index >= 15 is 0 Å². The van der Waals surface area contributed by atoms with Crippen molar-refractivity contribution in [3.8, 4) is 0 Å². The number of rotatable bonds is 6. The van der Waals surface area contributed by atoms with Gasteiger partial charge in [-0.3, -0.25) is 13.9 Å². The molecule has 1 aromatic carbocycles. The first-order chi connectivity index (χ1) is 12.7. The molecule has 0 saturated heterocycles. The lowest BCUT2D eigenvalue weighted by Gasteiger charge is -2.11. The van der Waals surface area contributed by atoms with E-state index < -0.39 is 11.9 Å². The first-order valence-corrected chi connectivity index (χ1v) is 8.22. The summed E-state index contributed by atoms with van der Waals surface area (Å²) >= 11 is 0. The average Bonchev–Trinajstić information content (AvgIpc) is 2.63. The van der Waals surface area contributed by atoms with E-state index in [1.807, 2.05) is 18.2 Å². The molecular weight excluding hydrogens is 354 g/mol. The molecule has 0 unspecified atom stereocenters. The summed E-state index contributed by atoms with van der Waals surface area (Å²) in [5, 5.41) is 18.1. The maximum absolute atomic E-state index is 12.0. The fourth-order valence-electron chi connectivity index (χ4n) is 2.24. The van der Waals surface area contributed by atoms with E-state index in [4.69, 9.17) is 19.8 Å². The van der Waals surface area contributed by atoms with E-state index in [9.17, 15) is 9.59 Å². The fourth-order valence-corrected chi connectivity index (χ4v) is 2.24. The Labute approximate surface area is 155 Å². The second kappa shape index (κ2) is 10.7. The number of aliphatic carboxylic acids is 2. The van der Waals surface area contributed by atoms with Gasteiger partial charge in [0.05, 0.1) is 0 Å². The van der Waals surface area contributed by atoms with Gasteiger partial charge in [0, 0.05) is 31.9 Å². The molecule has 1 heterocycles. The van der Waals surface area contributed by atoms with Crippen molar-refractivity contribution in [2.45, 2.75) is 26.4 Å². The highest BCUT2D eigenvalue weighted by atomic mass is 16.4. The molecule has 9 nitrogen and oxygen atoms in total. The quantitative estimate of drug-likeness (QED) is 0.484. The molecule has 146 valence electrons. The van der Waals surface area contributed by atoms with Crippen molar-refractivity contribution in [3.63, 3.8) is 0 Å². The van der Waals surface area contributed by atoms with Crippen LogP contribution in [0.3, 0.4) is 0 Å². The van der Waals surface area contributed by atoms with Crippen LogP contribution in [0.5, 0.6) is 0 Å². The van der Waals surface area contributed by atoms with Crippen molar-refractivity contribution < 1.29 is 19.8 Å². The summed E-state index contributed by atoms with van der Waals surface area (Å²) in [5.74, 6) is -3.65. The van der Waals surface area contributed by atoms with Crippen LogP contribution < -0.4 is 16.6 Å². The molecule has 1 aromatic heterocycles. The largest absolute Gasteiger partial charge is 0.473 e. The van der Waals surface area contributed by atoms with Crippen molar-refractivity contribution in [3.05, 3.63) is 68.5 Å². The predicted molar refractivity (Wildman–Crippen MR) is 98.7 cm³/mol. The number of nitrogens with zero attached hydrogens (tertiary/aromatic N) is 2. The highest BCUT2D eigenvalue weighted by Gasteiger charge is 2.05. The SMILES string of the molecule is Cc1cc(=O)n(C)c(=O)n1CCCNCc1ccccc1.O=C(O)C(=O)O. The van der Waals surface area contributed by atoms with Gasteiger partial charge < -0.3 is 15.5 Å². The Morgan fingerprint density at radius 1 is 1.07 bits per heavy atom. The molecule has 27 heavy (non-hydrogen) atoms. The van der Waals surface area contributed by atoms with E-state index in [-0.39, 0.29) is 11.2 Å². The van der Waals surface area contributed by atoms with Gasteiger partial charge in [-0.1, -0.05) is 30.3 Å². The van der Waals surface area contributed by atoms with Crippen LogP contribution in [-0.2, 0) is 29.7 Å². The number of hydrogen-bond acceptors (Lipinski definition) is 5. The number of carbonyl (C=O) groups is 2. The maximum Gasteiger partial charge on any atom is 0.414 e. The van der Waals surface area contributed by atoms with Gasteiger partial charge >= 0.3 is 17.6 Å². The van der Waals surface area contributed by atoms with E-state index in [1.54, 1.807) is 11.5 Å². The molecule has 9 heteroatoms. The third kappa shape index (κ3) is 7.28. The topological polar surface area (TPSA) is 131 Å². The summed E-state index contributed by atoms with van der Waals surface area (Å²) in [6.45, 7) is 4.05. The van der Waals surface area contributed by atoms with Crippen molar-refractivity contribution in [1.82, 2.24) is 14.5 Å². The minimum atomic E-state index is -1.82. The molecule has 3 N–H and O–H groups in total. The summed E-state index contributed by atoms with van der Waals surface area (Å²) in [5.41, 5.74) is 1.46. The lowest BCUT2D eigenvalue weighted by molar-refractivity contribution is -0.159. The standard InChI is InChI=1S/C16H21N3O2.C2H2O4/c1-13-11-15(20)18(2)16(21)19(13)10-6-9-17-12-14-7-4-3-5-8-14;3-1(4)2(5)6/h3-5,7-8,11,17H,6,9-10,12H2,1-2H3;(H,3,4)(H,5,6). The van der Waals surface area contributed by atoms with Gasteiger partial charge in [-0.2, -0.15) is 0 Å². The molecule has 2 aromatic rings. The van der Waals surface area contributed by atoms with Crippen LogP contribution in [0.2, 0.25) is 0 Å². The number of aryl methyl sites for hydroxylation is 1. The van der Waals surface area contributed by atoms with Crippen LogP contribution in [0, 0.1) is 6.92 Å². The highest BCUT2D eigenvalue weighted by molar-refractivity contribution is 6.27. The van der Waals surface area contributed by atoms with Gasteiger partial charge in [0.1, 0.15) is 0 Å². The van der Waals surface area contributed by atoms with Gasteiger partial charge in [-0.05, 0) is 25.5 Å². The average molecular weight is 377 g/mol. The number of nitrogens with one attached hydrogen (secondary N) is 1. The van der Waals surface area contributed by atoms with Gasteiger partial charge in [-0.15, -0.1) is 0 Å². The zero-order valence-electron chi connectivity index (χ0n) is 15.2. The first-order valence-electron chi connectivity index (χ1n) is 8.22. The molecule has 2 rings (SSSR count). The molecular formula is C18H23N3O6. The zero-order chi connectivity index (χ0) is 20.4. The Balaban J connectivity index is 0.000000527. The Kier molecular flexibility index (Phi) is 8.67. The van der Waals surface area contributed by atoms with Crippen LogP contribution in [-0.4, -0.2) is 37.8 Å². The molecule has 0 spiro atoms. The number of carboxylic acid groups (broad SMARTS) is 2. The molecule has 0 saturated carbocycles. The minimum absolute atomic E-state index is 0.247. The van der Waals surface area contributed by atoms with Gasteiger partial charge in [0.15, 0.2) is 0 Å².